The van der Waals surface area contributed by atoms with E-state index in [4.69, 9.17) is 11.6 Å². The molecule has 0 unspecified atom stereocenters. The molecule has 0 saturated carbocycles. The average Bonchev–Trinajstić information content (AvgIpc) is 2.30. The molecule has 0 saturated heterocycles. The molecular weight excluding hydrogens is 222 g/mol. The van der Waals surface area contributed by atoms with Gasteiger partial charge in [0.25, 0.3) is 0 Å². The third-order valence-corrected chi connectivity index (χ3v) is 2.40. The van der Waals surface area contributed by atoms with E-state index < -0.39 is 0 Å². The van der Waals surface area contributed by atoms with Crippen molar-refractivity contribution in [1.82, 2.24) is 9.97 Å². The molecule has 0 atom stereocenters. The number of aryl methyl sites for hydroxylation is 1. The van der Waals surface area contributed by atoms with Crippen LogP contribution >= 0.6 is 11.6 Å². The summed E-state index contributed by atoms with van der Waals surface area (Å²) in [7, 11) is 0. The van der Waals surface area contributed by atoms with Gasteiger partial charge in [-0.05, 0) is 30.7 Å². The summed E-state index contributed by atoms with van der Waals surface area (Å²) in [6, 6.07) is 7.70. The normalized spacial score (nSPS) is 10.1. The predicted molar refractivity (Wildman–Crippen MR) is 65.5 cm³/mol. The zero-order chi connectivity index (χ0) is 11.4. The molecule has 4 heteroatoms. The van der Waals surface area contributed by atoms with E-state index in [0.29, 0.717) is 11.7 Å². The Bertz CT molecular complexity index is 405. The maximum absolute atomic E-state index is 5.70. The summed E-state index contributed by atoms with van der Waals surface area (Å²) in [6.07, 6.45) is 3.56. The van der Waals surface area contributed by atoms with Crippen LogP contribution in [0.3, 0.4) is 0 Å². The highest BCUT2D eigenvalue weighted by atomic mass is 35.5. The first kappa shape index (κ1) is 10.9. The van der Waals surface area contributed by atoms with E-state index in [1.54, 1.807) is 12.3 Å². The number of anilines is 1. The van der Waals surface area contributed by atoms with Gasteiger partial charge in [0.1, 0.15) is 5.15 Å². The molecule has 2 aromatic rings. The number of aromatic nitrogens is 2. The van der Waals surface area contributed by atoms with Crippen molar-refractivity contribution in [3.8, 4) is 0 Å². The third kappa shape index (κ3) is 2.94. The van der Waals surface area contributed by atoms with Gasteiger partial charge in [0.15, 0.2) is 0 Å². The highest BCUT2D eigenvalue weighted by molar-refractivity contribution is 6.29. The van der Waals surface area contributed by atoms with Crippen molar-refractivity contribution < 1.29 is 0 Å². The van der Waals surface area contributed by atoms with Gasteiger partial charge in [-0.1, -0.05) is 17.7 Å². The van der Waals surface area contributed by atoms with Gasteiger partial charge in [-0.3, -0.25) is 4.98 Å². The number of nitrogens with zero attached hydrogens (tertiary/aromatic N) is 2. The lowest BCUT2D eigenvalue weighted by Crippen LogP contribution is -2.01. The summed E-state index contributed by atoms with van der Waals surface area (Å²) in [5.74, 6) is 0. The molecule has 82 valence electrons. The SMILES string of the molecule is Cc1ccc(CNc2ccc(Cl)nc2)nc1. The maximum Gasteiger partial charge on any atom is 0.129 e. The van der Waals surface area contributed by atoms with Gasteiger partial charge >= 0.3 is 0 Å². The van der Waals surface area contributed by atoms with E-state index in [9.17, 15) is 0 Å². The van der Waals surface area contributed by atoms with Crippen LogP contribution in [-0.2, 0) is 6.54 Å². The summed E-state index contributed by atoms with van der Waals surface area (Å²) in [5, 5.41) is 3.72. The number of hydrogen-bond donors (Lipinski definition) is 1. The average molecular weight is 234 g/mol. The van der Waals surface area contributed by atoms with Crippen molar-refractivity contribution in [2.24, 2.45) is 0 Å². The summed E-state index contributed by atoms with van der Waals surface area (Å²) in [6.45, 7) is 2.71. The standard InChI is InChI=1S/C12H12ClN3/c1-9-2-3-10(14-6-9)7-15-11-4-5-12(13)16-8-11/h2-6,8,15H,7H2,1H3. The lowest BCUT2D eigenvalue weighted by molar-refractivity contribution is 1.03. The molecule has 16 heavy (non-hydrogen) atoms. The Morgan fingerprint density at radius 3 is 2.62 bits per heavy atom. The summed E-state index contributed by atoms with van der Waals surface area (Å²) in [4.78, 5) is 8.29. The van der Waals surface area contributed by atoms with Gasteiger partial charge in [0, 0.05) is 6.20 Å². The van der Waals surface area contributed by atoms with E-state index in [1.165, 1.54) is 0 Å². The van der Waals surface area contributed by atoms with Crippen molar-refractivity contribution in [3.63, 3.8) is 0 Å². The molecule has 0 aliphatic carbocycles. The van der Waals surface area contributed by atoms with Crippen LogP contribution in [0.5, 0.6) is 0 Å². The maximum atomic E-state index is 5.70. The van der Waals surface area contributed by atoms with Crippen LogP contribution in [0, 0.1) is 6.92 Å². The zero-order valence-corrected chi connectivity index (χ0v) is 9.70. The molecule has 1 N–H and O–H groups in total. The Balaban J connectivity index is 1.97. The fourth-order valence-electron chi connectivity index (χ4n) is 1.28. The van der Waals surface area contributed by atoms with Gasteiger partial charge in [0.2, 0.25) is 0 Å². The fourth-order valence-corrected chi connectivity index (χ4v) is 1.39. The number of pyridine rings is 2. The smallest absolute Gasteiger partial charge is 0.129 e. The first-order valence-electron chi connectivity index (χ1n) is 5.01. The van der Waals surface area contributed by atoms with Gasteiger partial charge in [0.05, 0.1) is 24.1 Å². The minimum atomic E-state index is 0.499. The molecule has 2 rings (SSSR count). The van der Waals surface area contributed by atoms with E-state index in [0.717, 1.165) is 16.9 Å². The van der Waals surface area contributed by atoms with Crippen LogP contribution in [0.1, 0.15) is 11.3 Å². The second-order valence-electron chi connectivity index (χ2n) is 3.55. The van der Waals surface area contributed by atoms with Crippen molar-refractivity contribution >= 4 is 17.3 Å². The highest BCUT2D eigenvalue weighted by Gasteiger charge is 1.95. The van der Waals surface area contributed by atoms with Gasteiger partial charge in [-0.25, -0.2) is 4.98 Å². The van der Waals surface area contributed by atoms with Crippen LogP contribution in [0.2, 0.25) is 5.15 Å². The molecule has 2 aromatic heterocycles. The number of halogens is 1. The summed E-state index contributed by atoms with van der Waals surface area (Å²) in [5.41, 5.74) is 3.10. The molecule has 0 bridgehead atoms. The molecule has 0 aromatic carbocycles. The lowest BCUT2D eigenvalue weighted by atomic mass is 10.3. The molecular formula is C12H12ClN3. The Kier molecular flexibility index (Phi) is 3.37. The van der Waals surface area contributed by atoms with E-state index >= 15 is 0 Å². The number of nitrogens with one attached hydrogen (secondary N) is 1. The van der Waals surface area contributed by atoms with Crippen molar-refractivity contribution in [2.45, 2.75) is 13.5 Å². The largest absolute Gasteiger partial charge is 0.378 e. The Morgan fingerprint density at radius 1 is 1.12 bits per heavy atom. The first-order valence-corrected chi connectivity index (χ1v) is 5.39. The second kappa shape index (κ2) is 4.94. The van der Waals surface area contributed by atoms with Crippen LogP contribution in [0.4, 0.5) is 5.69 Å². The molecule has 3 nitrogen and oxygen atoms in total. The van der Waals surface area contributed by atoms with Gasteiger partial charge in [-0.15, -0.1) is 0 Å². The first-order chi connectivity index (χ1) is 7.74. The highest BCUT2D eigenvalue weighted by Crippen LogP contribution is 2.10. The Hall–Kier alpha value is -1.61. The van der Waals surface area contributed by atoms with Crippen molar-refractivity contribution in [2.75, 3.05) is 5.32 Å². The van der Waals surface area contributed by atoms with Crippen LogP contribution in [0.15, 0.2) is 36.7 Å². The fraction of sp³-hybridized carbons (Fsp3) is 0.167. The molecule has 2 heterocycles. The molecule has 0 aliphatic heterocycles. The number of rotatable bonds is 3. The van der Waals surface area contributed by atoms with Crippen LogP contribution in [-0.4, -0.2) is 9.97 Å². The van der Waals surface area contributed by atoms with E-state index in [-0.39, 0.29) is 0 Å². The quantitative estimate of drug-likeness (QED) is 0.828. The molecule has 0 radical (unpaired) electrons. The van der Waals surface area contributed by atoms with Crippen molar-refractivity contribution in [1.29, 1.82) is 0 Å². The Labute approximate surface area is 99.5 Å². The number of hydrogen-bond acceptors (Lipinski definition) is 3. The third-order valence-electron chi connectivity index (χ3n) is 2.17. The molecule has 0 spiro atoms. The Morgan fingerprint density at radius 2 is 2.00 bits per heavy atom. The van der Waals surface area contributed by atoms with E-state index in [1.807, 2.05) is 31.3 Å². The van der Waals surface area contributed by atoms with Crippen LogP contribution in [0.25, 0.3) is 0 Å². The minimum Gasteiger partial charge on any atom is -0.378 e. The molecule has 0 aliphatic rings. The zero-order valence-electron chi connectivity index (χ0n) is 8.94. The van der Waals surface area contributed by atoms with Gasteiger partial charge < -0.3 is 5.32 Å². The summed E-state index contributed by atoms with van der Waals surface area (Å²) >= 11 is 5.70. The minimum absolute atomic E-state index is 0.499. The van der Waals surface area contributed by atoms with Gasteiger partial charge in [-0.2, -0.15) is 0 Å². The van der Waals surface area contributed by atoms with Crippen LogP contribution < -0.4 is 5.32 Å². The summed E-state index contributed by atoms with van der Waals surface area (Å²) < 4.78 is 0. The topological polar surface area (TPSA) is 37.8 Å². The second-order valence-corrected chi connectivity index (χ2v) is 3.94. The lowest BCUT2D eigenvalue weighted by Gasteiger charge is -2.05. The van der Waals surface area contributed by atoms with E-state index in [2.05, 4.69) is 15.3 Å². The predicted octanol–water partition coefficient (Wildman–Crippen LogP) is 3.05. The van der Waals surface area contributed by atoms with Crippen molar-refractivity contribution in [3.05, 3.63) is 53.1 Å². The molecule has 0 fully saturated rings. The monoisotopic (exact) mass is 233 g/mol. The molecule has 0 amide bonds.